The van der Waals surface area contributed by atoms with Crippen LogP contribution in [0.1, 0.15) is 17.4 Å². The van der Waals surface area contributed by atoms with Crippen molar-refractivity contribution in [3.05, 3.63) is 58.6 Å². The number of anilines is 1. The van der Waals surface area contributed by atoms with Gasteiger partial charge in [-0.3, -0.25) is 4.79 Å². The number of carbonyl (C=O) groups excluding carboxylic acids is 1. The predicted molar refractivity (Wildman–Crippen MR) is 82.6 cm³/mol. The van der Waals surface area contributed by atoms with Gasteiger partial charge in [-0.05, 0) is 18.6 Å². The second-order valence-corrected chi connectivity index (χ2v) is 5.39. The lowest BCUT2D eigenvalue weighted by Crippen LogP contribution is -2.15. The number of hydrogen-bond acceptors (Lipinski definition) is 6. The Balaban J connectivity index is 1.51. The maximum atomic E-state index is 11.9. The zero-order chi connectivity index (χ0) is 15.2. The average molecular weight is 314 g/mol. The third kappa shape index (κ3) is 3.98. The summed E-state index contributed by atoms with van der Waals surface area (Å²) in [5.41, 5.74) is 3.55. The van der Waals surface area contributed by atoms with E-state index in [0.29, 0.717) is 18.1 Å². The first-order valence-electron chi connectivity index (χ1n) is 6.83. The first-order chi connectivity index (χ1) is 10.8. The van der Waals surface area contributed by atoms with E-state index in [1.807, 2.05) is 35.7 Å². The third-order valence-corrected chi connectivity index (χ3v) is 3.60. The van der Waals surface area contributed by atoms with E-state index in [0.717, 1.165) is 17.8 Å². The molecule has 0 unspecified atom stereocenters. The van der Waals surface area contributed by atoms with Crippen molar-refractivity contribution >= 4 is 22.9 Å². The van der Waals surface area contributed by atoms with Gasteiger partial charge in [0.15, 0.2) is 5.82 Å². The molecule has 0 aliphatic heterocycles. The molecule has 0 saturated heterocycles. The highest BCUT2D eigenvalue weighted by atomic mass is 32.1. The minimum Gasteiger partial charge on any atom is -0.339 e. The Labute approximate surface area is 131 Å². The van der Waals surface area contributed by atoms with Crippen LogP contribution in [-0.4, -0.2) is 21.0 Å². The summed E-state index contributed by atoms with van der Waals surface area (Å²) in [7, 11) is 0. The number of benzene rings is 1. The van der Waals surface area contributed by atoms with Crippen molar-refractivity contribution in [2.24, 2.45) is 0 Å². The molecule has 2 heterocycles. The molecule has 0 spiro atoms. The van der Waals surface area contributed by atoms with Gasteiger partial charge >= 0.3 is 0 Å². The molecule has 3 rings (SSSR count). The van der Waals surface area contributed by atoms with Crippen LogP contribution in [0.2, 0.25) is 0 Å². The first-order valence-corrected chi connectivity index (χ1v) is 7.77. The summed E-state index contributed by atoms with van der Waals surface area (Å²) >= 11 is 1.56. The zero-order valence-electron chi connectivity index (χ0n) is 11.7. The Morgan fingerprint density at radius 2 is 2.09 bits per heavy atom. The topological polar surface area (TPSA) is 80.9 Å². The van der Waals surface area contributed by atoms with Crippen LogP contribution in [0.4, 0.5) is 5.69 Å². The molecule has 7 heteroatoms. The van der Waals surface area contributed by atoms with Gasteiger partial charge in [0.1, 0.15) is 0 Å². The summed E-state index contributed by atoms with van der Waals surface area (Å²) in [6.07, 6.45) is 1.47. The smallest absolute Gasteiger partial charge is 0.232 e. The molecule has 1 amide bonds. The van der Waals surface area contributed by atoms with Crippen LogP contribution in [-0.2, 0) is 24.1 Å². The average Bonchev–Trinajstić information content (AvgIpc) is 3.17. The largest absolute Gasteiger partial charge is 0.339 e. The number of aryl methyl sites for hydroxylation is 2. The van der Waals surface area contributed by atoms with E-state index < -0.39 is 0 Å². The number of para-hydroxylation sites is 1. The van der Waals surface area contributed by atoms with Gasteiger partial charge < -0.3 is 9.84 Å². The minimum atomic E-state index is -0.168. The van der Waals surface area contributed by atoms with E-state index in [1.165, 1.54) is 0 Å². The Morgan fingerprint density at radius 1 is 1.23 bits per heavy atom. The van der Waals surface area contributed by atoms with Gasteiger partial charge in [-0.1, -0.05) is 23.4 Å². The quantitative estimate of drug-likeness (QED) is 0.756. The van der Waals surface area contributed by atoms with Gasteiger partial charge in [-0.25, -0.2) is 4.98 Å². The Bertz CT molecular complexity index is 725. The Hall–Kier alpha value is -2.54. The molecule has 0 aliphatic carbocycles. The zero-order valence-corrected chi connectivity index (χ0v) is 12.5. The summed E-state index contributed by atoms with van der Waals surface area (Å²) < 4.78 is 5.15. The molecule has 0 bridgehead atoms. The lowest BCUT2D eigenvalue weighted by molar-refractivity contribution is -0.115. The van der Waals surface area contributed by atoms with Gasteiger partial charge in [-0.15, -0.1) is 11.3 Å². The highest BCUT2D eigenvalue weighted by Crippen LogP contribution is 2.08. The van der Waals surface area contributed by atoms with E-state index in [-0.39, 0.29) is 12.3 Å². The molecule has 1 N–H and O–H groups in total. The molecule has 0 fully saturated rings. The van der Waals surface area contributed by atoms with E-state index in [4.69, 9.17) is 4.52 Å². The fourth-order valence-corrected chi connectivity index (χ4v) is 2.52. The van der Waals surface area contributed by atoms with Gasteiger partial charge in [0.25, 0.3) is 0 Å². The fourth-order valence-electron chi connectivity index (χ4n) is 1.93. The molecule has 2 aromatic heterocycles. The molecule has 6 nitrogen and oxygen atoms in total. The van der Waals surface area contributed by atoms with Crippen molar-refractivity contribution in [3.63, 3.8) is 0 Å². The molecule has 22 heavy (non-hydrogen) atoms. The molecule has 0 aliphatic rings. The lowest BCUT2D eigenvalue weighted by atomic mass is 10.2. The molecule has 3 aromatic rings. The fraction of sp³-hybridized carbons (Fsp3) is 0.200. The van der Waals surface area contributed by atoms with Crippen molar-refractivity contribution in [2.45, 2.75) is 19.3 Å². The third-order valence-electron chi connectivity index (χ3n) is 2.96. The van der Waals surface area contributed by atoms with Crippen LogP contribution < -0.4 is 5.32 Å². The summed E-state index contributed by atoms with van der Waals surface area (Å²) in [6.45, 7) is 0. The van der Waals surface area contributed by atoms with Crippen LogP contribution in [0.25, 0.3) is 0 Å². The predicted octanol–water partition coefficient (Wildman–Crippen LogP) is 2.49. The number of thiazole rings is 1. The first kappa shape index (κ1) is 14.4. The number of aromatic nitrogens is 3. The van der Waals surface area contributed by atoms with Gasteiger partial charge in [0, 0.05) is 17.5 Å². The van der Waals surface area contributed by atoms with Crippen LogP contribution in [0.5, 0.6) is 0 Å². The van der Waals surface area contributed by atoms with Crippen molar-refractivity contribution < 1.29 is 9.32 Å². The Kier molecular flexibility index (Phi) is 4.55. The summed E-state index contributed by atoms with van der Waals surface area (Å²) in [5.74, 6) is 0.746. The number of amides is 1. The molecule has 0 radical (unpaired) electrons. The second-order valence-electron chi connectivity index (χ2n) is 4.68. The number of rotatable bonds is 6. The molecule has 0 saturated carbocycles. The van der Waals surface area contributed by atoms with Crippen molar-refractivity contribution in [2.75, 3.05) is 5.32 Å². The van der Waals surface area contributed by atoms with E-state index in [1.54, 1.807) is 16.8 Å². The molecule has 0 atom stereocenters. The van der Waals surface area contributed by atoms with Gasteiger partial charge in [0.05, 0.1) is 17.6 Å². The normalized spacial score (nSPS) is 10.5. The van der Waals surface area contributed by atoms with E-state index in [2.05, 4.69) is 20.4 Å². The summed E-state index contributed by atoms with van der Waals surface area (Å²) in [6, 6.07) is 9.27. The molecule has 1 aromatic carbocycles. The van der Waals surface area contributed by atoms with Gasteiger partial charge in [0.2, 0.25) is 11.8 Å². The maximum absolute atomic E-state index is 11.9. The van der Waals surface area contributed by atoms with Gasteiger partial charge in [-0.2, -0.15) is 4.98 Å². The standard InChI is InChI=1S/C15H14N4O2S/c20-14(17-11-4-2-1-3-5-11)8-13-18-15(21-19-13)7-6-12-9-22-10-16-12/h1-5,9-10H,6-8H2,(H,17,20). The minimum absolute atomic E-state index is 0.0924. The monoisotopic (exact) mass is 314 g/mol. The highest BCUT2D eigenvalue weighted by Gasteiger charge is 2.11. The maximum Gasteiger partial charge on any atom is 0.232 e. The van der Waals surface area contributed by atoms with Crippen LogP contribution in [0.3, 0.4) is 0 Å². The van der Waals surface area contributed by atoms with E-state index in [9.17, 15) is 4.79 Å². The number of carbonyl (C=O) groups is 1. The molecule has 112 valence electrons. The van der Waals surface area contributed by atoms with Crippen molar-refractivity contribution in [1.82, 2.24) is 15.1 Å². The number of hydrogen-bond donors (Lipinski definition) is 1. The van der Waals surface area contributed by atoms with E-state index >= 15 is 0 Å². The van der Waals surface area contributed by atoms with Crippen LogP contribution in [0, 0.1) is 0 Å². The lowest BCUT2D eigenvalue weighted by Gasteiger charge is -2.01. The summed E-state index contributed by atoms with van der Waals surface area (Å²) in [5, 5.41) is 8.61. The van der Waals surface area contributed by atoms with Crippen molar-refractivity contribution in [3.8, 4) is 0 Å². The van der Waals surface area contributed by atoms with Crippen LogP contribution in [0.15, 0.2) is 45.7 Å². The SMILES string of the molecule is O=C(Cc1noc(CCc2cscn2)n1)Nc1ccccc1. The Morgan fingerprint density at radius 3 is 2.86 bits per heavy atom. The molecular weight excluding hydrogens is 300 g/mol. The highest BCUT2D eigenvalue weighted by molar-refractivity contribution is 7.07. The number of nitrogens with one attached hydrogen (secondary N) is 1. The summed E-state index contributed by atoms with van der Waals surface area (Å²) in [4.78, 5) is 20.3. The second kappa shape index (κ2) is 6.95. The number of nitrogens with zero attached hydrogens (tertiary/aromatic N) is 3. The molecular formula is C15H14N4O2S. The van der Waals surface area contributed by atoms with Crippen molar-refractivity contribution in [1.29, 1.82) is 0 Å². The van der Waals surface area contributed by atoms with Crippen LogP contribution >= 0.6 is 11.3 Å².